The Bertz CT molecular complexity index is 1450. The van der Waals surface area contributed by atoms with E-state index in [4.69, 9.17) is 4.42 Å². The summed E-state index contributed by atoms with van der Waals surface area (Å²) in [6.07, 6.45) is 0.779. The van der Waals surface area contributed by atoms with Crippen LogP contribution >= 0.6 is 11.3 Å². The average Bonchev–Trinajstić information content (AvgIpc) is 3.32. The minimum absolute atomic E-state index is 0.0851. The molecule has 0 saturated heterocycles. The van der Waals surface area contributed by atoms with Gasteiger partial charge in [-0.3, -0.25) is 14.5 Å². The first kappa shape index (κ1) is 21.5. The fourth-order valence-electron chi connectivity index (χ4n) is 4.26. The molecule has 0 N–H and O–H groups in total. The van der Waals surface area contributed by atoms with Gasteiger partial charge in [0.15, 0.2) is 5.43 Å². The number of hydrogen-bond acceptors (Lipinski definition) is 6. The van der Waals surface area contributed by atoms with E-state index in [1.165, 1.54) is 11.3 Å². The Morgan fingerprint density at radius 2 is 1.73 bits per heavy atom. The highest BCUT2D eigenvalue weighted by Crippen LogP contribution is 2.42. The zero-order chi connectivity index (χ0) is 23.4. The van der Waals surface area contributed by atoms with Gasteiger partial charge < -0.3 is 4.42 Å². The Labute approximate surface area is 195 Å². The van der Waals surface area contributed by atoms with Crippen molar-refractivity contribution in [2.45, 2.75) is 47.1 Å². The number of aryl methyl sites for hydroxylation is 3. The number of aromatic nitrogens is 2. The molecule has 0 radical (unpaired) electrons. The lowest BCUT2D eigenvalue weighted by Gasteiger charge is -2.22. The summed E-state index contributed by atoms with van der Waals surface area (Å²) in [6, 6.07) is 10.9. The molecule has 0 spiro atoms. The highest BCUT2D eigenvalue weighted by molar-refractivity contribution is 7.15. The smallest absolute Gasteiger partial charge is 0.297 e. The maximum Gasteiger partial charge on any atom is 0.297 e. The van der Waals surface area contributed by atoms with Gasteiger partial charge in [-0.1, -0.05) is 55.0 Å². The minimum atomic E-state index is -0.616. The summed E-state index contributed by atoms with van der Waals surface area (Å²) in [5.74, 6) is 0.146. The van der Waals surface area contributed by atoms with Gasteiger partial charge >= 0.3 is 0 Å². The van der Waals surface area contributed by atoms with Crippen LogP contribution in [0.3, 0.4) is 0 Å². The van der Waals surface area contributed by atoms with Crippen LogP contribution in [0.5, 0.6) is 0 Å². The van der Waals surface area contributed by atoms with E-state index in [0.29, 0.717) is 27.6 Å². The molecule has 6 nitrogen and oxygen atoms in total. The summed E-state index contributed by atoms with van der Waals surface area (Å²) in [5.41, 5.74) is 4.56. The van der Waals surface area contributed by atoms with Crippen LogP contribution in [-0.4, -0.2) is 16.1 Å². The van der Waals surface area contributed by atoms with Crippen LogP contribution in [0.2, 0.25) is 0 Å². The largest absolute Gasteiger partial charge is 0.450 e. The molecule has 1 aliphatic heterocycles. The van der Waals surface area contributed by atoms with Crippen LogP contribution in [0.4, 0.5) is 5.13 Å². The number of benzene rings is 2. The molecule has 1 amide bonds. The Morgan fingerprint density at radius 3 is 2.42 bits per heavy atom. The van der Waals surface area contributed by atoms with E-state index in [1.54, 1.807) is 4.90 Å². The van der Waals surface area contributed by atoms with Gasteiger partial charge in [-0.15, -0.1) is 10.2 Å². The Hall–Kier alpha value is -3.32. The van der Waals surface area contributed by atoms with Crippen LogP contribution in [0.15, 0.2) is 45.6 Å². The summed E-state index contributed by atoms with van der Waals surface area (Å²) in [4.78, 5) is 29.0. The third kappa shape index (κ3) is 3.56. The molecule has 0 saturated carbocycles. The predicted molar refractivity (Wildman–Crippen MR) is 130 cm³/mol. The SMILES string of the molecule is Cc1ccc(C2c3c(oc4cc(C)c(C)cc4c3=O)C(=O)N2c2nnc(CC(C)C)s2)cc1. The van der Waals surface area contributed by atoms with Crippen LogP contribution in [0, 0.1) is 26.7 Å². The quantitative estimate of drug-likeness (QED) is 0.402. The number of fused-ring (bicyclic) bond motifs is 2. The van der Waals surface area contributed by atoms with Crippen molar-refractivity contribution in [2.24, 2.45) is 5.92 Å². The number of rotatable bonds is 4. The molecule has 2 aromatic carbocycles. The van der Waals surface area contributed by atoms with Crippen molar-refractivity contribution in [3.05, 3.63) is 85.2 Å². The van der Waals surface area contributed by atoms with E-state index in [9.17, 15) is 9.59 Å². The fourth-order valence-corrected chi connectivity index (χ4v) is 5.34. The Balaban J connectivity index is 1.75. The highest BCUT2D eigenvalue weighted by Gasteiger charge is 2.45. The molecule has 0 fully saturated rings. The van der Waals surface area contributed by atoms with Gasteiger partial charge in [0.25, 0.3) is 5.91 Å². The van der Waals surface area contributed by atoms with Gasteiger partial charge in [0.1, 0.15) is 10.6 Å². The predicted octanol–water partition coefficient (Wildman–Crippen LogP) is 5.52. The van der Waals surface area contributed by atoms with Crippen molar-refractivity contribution in [2.75, 3.05) is 4.90 Å². The first-order valence-corrected chi connectivity index (χ1v) is 11.9. The molecule has 4 aromatic rings. The second-order valence-corrected chi connectivity index (χ2v) is 10.2. The molecule has 2 aromatic heterocycles. The topological polar surface area (TPSA) is 76.3 Å². The number of amides is 1. The molecule has 0 aliphatic carbocycles. The molecular weight excluding hydrogens is 434 g/mol. The van der Waals surface area contributed by atoms with Crippen molar-refractivity contribution in [3.8, 4) is 0 Å². The van der Waals surface area contributed by atoms with Crippen molar-refractivity contribution in [3.63, 3.8) is 0 Å². The van der Waals surface area contributed by atoms with E-state index in [1.807, 2.05) is 57.2 Å². The highest BCUT2D eigenvalue weighted by atomic mass is 32.1. The first-order chi connectivity index (χ1) is 15.7. The molecule has 1 aliphatic rings. The molecule has 5 rings (SSSR count). The summed E-state index contributed by atoms with van der Waals surface area (Å²) >= 11 is 1.39. The standard InChI is InChI=1S/C26H25N3O3S/c1-13(2)10-20-27-28-26(33-20)29-22(17-8-6-14(3)7-9-17)21-23(30)18-11-15(4)16(5)12-19(18)32-24(21)25(29)31/h6-9,11-13,22H,10H2,1-5H3. The Kier molecular flexibility index (Phi) is 5.16. The van der Waals surface area contributed by atoms with Crippen LogP contribution < -0.4 is 10.3 Å². The van der Waals surface area contributed by atoms with E-state index >= 15 is 0 Å². The van der Waals surface area contributed by atoms with Gasteiger partial charge in [0, 0.05) is 6.42 Å². The maximum absolute atomic E-state index is 13.7. The third-order valence-electron chi connectivity index (χ3n) is 6.12. The lowest BCUT2D eigenvalue weighted by molar-refractivity contribution is 0.0970. The fraction of sp³-hybridized carbons (Fsp3) is 0.308. The lowest BCUT2D eigenvalue weighted by Crippen LogP contribution is -2.29. The van der Waals surface area contributed by atoms with E-state index in [2.05, 4.69) is 24.0 Å². The van der Waals surface area contributed by atoms with Crippen molar-refractivity contribution < 1.29 is 9.21 Å². The van der Waals surface area contributed by atoms with Crippen LogP contribution in [0.25, 0.3) is 11.0 Å². The van der Waals surface area contributed by atoms with Gasteiger partial charge in [0.2, 0.25) is 10.9 Å². The zero-order valence-electron chi connectivity index (χ0n) is 19.3. The minimum Gasteiger partial charge on any atom is -0.450 e. The van der Waals surface area contributed by atoms with Gasteiger partial charge in [-0.2, -0.15) is 0 Å². The van der Waals surface area contributed by atoms with Crippen LogP contribution in [-0.2, 0) is 6.42 Å². The first-order valence-electron chi connectivity index (χ1n) is 11.0. The second-order valence-electron chi connectivity index (χ2n) is 9.17. The van der Waals surface area contributed by atoms with Crippen LogP contribution in [0.1, 0.15) is 63.3 Å². The lowest BCUT2D eigenvalue weighted by atomic mass is 9.97. The number of hydrogen-bond donors (Lipinski definition) is 0. The molecule has 33 heavy (non-hydrogen) atoms. The molecular formula is C26H25N3O3S. The number of anilines is 1. The number of carbonyl (C=O) groups excluding carboxylic acids is 1. The summed E-state index contributed by atoms with van der Waals surface area (Å²) in [6.45, 7) is 10.2. The second kappa shape index (κ2) is 7.92. The van der Waals surface area contributed by atoms with E-state index in [-0.39, 0.29) is 17.1 Å². The molecule has 3 heterocycles. The molecule has 7 heteroatoms. The summed E-state index contributed by atoms with van der Waals surface area (Å²) < 4.78 is 6.10. The molecule has 0 bridgehead atoms. The normalized spacial score (nSPS) is 15.6. The van der Waals surface area contributed by atoms with Crippen molar-refractivity contribution >= 4 is 33.3 Å². The molecule has 1 unspecified atom stereocenters. The third-order valence-corrected chi connectivity index (χ3v) is 7.07. The average molecular weight is 460 g/mol. The monoisotopic (exact) mass is 459 g/mol. The van der Waals surface area contributed by atoms with E-state index in [0.717, 1.165) is 33.7 Å². The summed E-state index contributed by atoms with van der Waals surface area (Å²) in [7, 11) is 0. The van der Waals surface area contributed by atoms with Crippen molar-refractivity contribution in [1.29, 1.82) is 0 Å². The molecule has 168 valence electrons. The maximum atomic E-state index is 13.7. The Morgan fingerprint density at radius 1 is 1.03 bits per heavy atom. The summed E-state index contributed by atoms with van der Waals surface area (Å²) in [5, 5.41) is 10.5. The number of nitrogens with zero attached hydrogens (tertiary/aromatic N) is 3. The molecule has 1 atom stereocenters. The number of carbonyl (C=O) groups is 1. The van der Waals surface area contributed by atoms with Gasteiger partial charge in [-0.05, 0) is 55.5 Å². The van der Waals surface area contributed by atoms with Crippen molar-refractivity contribution in [1.82, 2.24) is 10.2 Å². The van der Waals surface area contributed by atoms with Gasteiger partial charge in [0.05, 0.1) is 17.0 Å². The zero-order valence-corrected chi connectivity index (χ0v) is 20.1. The van der Waals surface area contributed by atoms with E-state index < -0.39 is 6.04 Å². The van der Waals surface area contributed by atoms with Gasteiger partial charge in [-0.25, -0.2) is 0 Å².